The van der Waals surface area contributed by atoms with Crippen LogP contribution in [-0.4, -0.2) is 18.7 Å². The van der Waals surface area contributed by atoms with E-state index in [2.05, 4.69) is 21.0 Å². The van der Waals surface area contributed by atoms with Crippen LogP contribution in [0, 0.1) is 0 Å². The van der Waals surface area contributed by atoms with E-state index in [1.54, 1.807) is 0 Å². The molecule has 0 atom stereocenters. The Morgan fingerprint density at radius 2 is 1.89 bits per heavy atom. The molecule has 0 aromatic carbocycles. The minimum Gasteiger partial charge on any atom is -0.391 e. The summed E-state index contributed by atoms with van der Waals surface area (Å²) in [5, 5.41) is 3.34. The summed E-state index contributed by atoms with van der Waals surface area (Å²) in [6, 6.07) is 2.40. The van der Waals surface area contributed by atoms with Crippen LogP contribution in [0.25, 0.3) is 0 Å². The van der Waals surface area contributed by atoms with Gasteiger partial charge < -0.3 is 4.84 Å². The van der Waals surface area contributed by atoms with E-state index in [1.165, 1.54) is 7.11 Å². The Labute approximate surface area is 55.4 Å². The third kappa shape index (κ3) is 7.18. The SMILES string of the molecule is CON=C=NC(C)(C)C. The minimum atomic E-state index is -0.109. The van der Waals surface area contributed by atoms with E-state index in [1.807, 2.05) is 20.8 Å². The van der Waals surface area contributed by atoms with Gasteiger partial charge in [0.2, 0.25) is 0 Å². The Morgan fingerprint density at radius 1 is 1.33 bits per heavy atom. The van der Waals surface area contributed by atoms with E-state index in [0.717, 1.165) is 0 Å². The molecule has 0 aromatic heterocycles. The summed E-state index contributed by atoms with van der Waals surface area (Å²) >= 11 is 0. The van der Waals surface area contributed by atoms with Gasteiger partial charge in [0.05, 0.1) is 5.54 Å². The second-order valence-corrected chi connectivity index (χ2v) is 2.66. The van der Waals surface area contributed by atoms with Crippen LogP contribution in [0.5, 0.6) is 0 Å². The van der Waals surface area contributed by atoms with Crippen LogP contribution < -0.4 is 0 Å². The van der Waals surface area contributed by atoms with Crippen LogP contribution in [0.3, 0.4) is 0 Å². The average molecular weight is 128 g/mol. The van der Waals surface area contributed by atoms with Crippen LogP contribution in [-0.2, 0) is 4.84 Å². The van der Waals surface area contributed by atoms with Gasteiger partial charge in [0.1, 0.15) is 13.1 Å². The van der Waals surface area contributed by atoms with Crippen molar-refractivity contribution in [3.05, 3.63) is 0 Å². The Kier molecular flexibility index (Phi) is 2.96. The van der Waals surface area contributed by atoms with Crippen LogP contribution in [0.1, 0.15) is 20.8 Å². The van der Waals surface area contributed by atoms with Gasteiger partial charge in [-0.2, -0.15) is 0 Å². The Morgan fingerprint density at radius 3 is 2.22 bits per heavy atom. The van der Waals surface area contributed by atoms with Gasteiger partial charge >= 0.3 is 0 Å². The van der Waals surface area contributed by atoms with Crippen LogP contribution >= 0.6 is 0 Å². The number of hydrogen-bond donors (Lipinski definition) is 0. The molecule has 0 saturated carbocycles. The van der Waals surface area contributed by atoms with E-state index >= 15 is 0 Å². The average Bonchev–Trinajstić information content (AvgIpc) is 1.63. The maximum Gasteiger partial charge on any atom is 0.136 e. The molecule has 0 heterocycles. The molecule has 0 saturated heterocycles. The summed E-state index contributed by atoms with van der Waals surface area (Å²) in [5.41, 5.74) is -0.109. The Balaban J connectivity index is 3.84. The van der Waals surface area contributed by atoms with E-state index in [4.69, 9.17) is 0 Å². The topological polar surface area (TPSA) is 34.0 Å². The molecule has 0 aliphatic heterocycles. The highest BCUT2D eigenvalue weighted by molar-refractivity contribution is 5.40. The van der Waals surface area contributed by atoms with Crippen molar-refractivity contribution in [1.82, 2.24) is 0 Å². The molecule has 3 nitrogen and oxygen atoms in total. The largest absolute Gasteiger partial charge is 0.391 e. The number of hydrogen-bond acceptors (Lipinski definition) is 3. The van der Waals surface area contributed by atoms with Gasteiger partial charge in [-0.05, 0) is 25.9 Å². The van der Waals surface area contributed by atoms with Gasteiger partial charge in [-0.15, -0.1) is 0 Å². The van der Waals surface area contributed by atoms with Crippen molar-refractivity contribution in [2.75, 3.05) is 7.11 Å². The van der Waals surface area contributed by atoms with Gasteiger partial charge in [0, 0.05) is 0 Å². The molecule has 0 spiro atoms. The molecule has 0 unspecified atom stereocenters. The van der Waals surface area contributed by atoms with Crippen LogP contribution in [0.4, 0.5) is 0 Å². The number of nitrogens with zero attached hydrogens (tertiary/aromatic N) is 2. The molecule has 0 aromatic rings. The molecule has 3 heteroatoms. The fraction of sp³-hybridized carbons (Fsp3) is 0.833. The minimum absolute atomic E-state index is 0.109. The summed E-state index contributed by atoms with van der Waals surface area (Å²) in [6.07, 6.45) is 0. The number of rotatable bonds is 1. The van der Waals surface area contributed by atoms with Gasteiger partial charge in [0.15, 0.2) is 0 Å². The lowest BCUT2D eigenvalue weighted by molar-refractivity contribution is 0.215. The molecule has 0 aliphatic rings. The standard InChI is InChI=1S/C6H12N2O/c1-6(2,3)7-5-8-9-4/h1-4H3. The van der Waals surface area contributed by atoms with Gasteiger partial charge in [-0.3, -0.25) is 0 Å². The highest BCUT2D eigenvalue weighted by atomic mass is 16.6. The molecule has 0 fully saturated rings. The predicted molar refractivity (Wildman–Crippen MR) is 36.6 cm³/mol. The summed E-state index contributed by atoms with van der Waals surface area (Å²) < 4.78 is 0. The van der Waals surface area contributed by atoms with E-state index in [0.29, 0.717) is 0 Å². The normalized spacial score (nSPS) is 9.78. The second kappa shape index (κ2) is 3.25. The first-order valence-corrected chi connectivity index (χ1v) is 2.76. The summed E-state index contributed by atoms with van der Waals surface area (Å²) in [6.45, 7) is 5.89. The highest BCUT2D eigenvalue weighted by Gasteiger charge is 2.03. The predicted octanol–water partition coefficient (Wildman–Crippen LogP) is 1.52. The fourth-order valence-electron chi connectivity index (χ4n) is 0.211. The lowest BCUT2D eigenvalue weighted by Gasteiger charge is -2.06. The fourth-order valence-corrected chi connectivity index (χ4v) is 0.211. The van der Waals surface area contributed by atoms with Crippen molar-refractivity contribution in [3.8, 4) is 0 Å². The van der Waals surface area contributed by atoms with Crippen LogP contribution in [0.15, 0.2) is 10.1 Å². The first kappa shape index (κ1) is 8.18. The van der Waals surface area contributed by atoms with Crippen molar-refractivity contribution in [3.63, 3.8) is 0 Å². The van der Waals surface area contributed by atoms with Gasteiger partial charge in [-0.1, -0.05) is 0 Å². The van der Waals surface area contributed by atoms with Gasteiger partial charge in [-0.25, -0.2) is 4.99 Å². The van der Waals surface area contributed by atoms with Crippen molar-refractivity contribution >= 4 is 6.01 Å². The summed E-state index contributed by atoms with van der Waals surface area (Å²) in [7, 11) is 1.46. The van der Waals surface area contributed by atoms with Crippen molar-refractivity contribution in [2.24, 2.45) is 10.1 Å². The zero-order chi connectivity index (χ0) is 7.33. The van der Waals surface area contributed by atoms with E-state index in [-0.39, 0.29) is 5.54 Å². The molecule has 0 bridgehead atoms. The van der Waals surface area contributed by atoms with E-state index in [9.17, 15) is 0 Å². The monoisotopic (exact) mass is 128 g/mol. The molecular formula is C6H12N2O. The maximum atomic E-state index is 4.36. The molecule has 0 aliphatic carbocycles. The first-order chi connectivity index (χ1) is 4.06. The van der Waals surface area contributed by atoms with Crippen LogP contribution in [0.2, 0.25) is 0 Å². The zero-order valence-corrected chi connectivity index (χ0v) is 6.30. The quantitative estimate of drug-likeness (QED) is 0.389. The van der Waals surface area contributed by atoms with E-state index < -0.39 is 0 Å². The third-order valence-corrected chi connectivity index (χ3v) is 0.518. The van der Waals surface area contributed by atoms with Gasteiger partial charge in [0.25, 0.3) is 0 Å². The lowest BCUT2D eigenvalue weighted by Crippen LogP contribution is -2.08. The smallest absolute Gasteiger partial charge is 0.136 e. The van der Waals surface area contributed by atoms with Crippen molar-refractivity contribution < 1.29 is 4.84 Å². The lowest BCUT2D eigenvalue weighted by atomic mass is 10.1. The molecule has 0 amide bonds. The highest BCUT2D eigenvalue weighted by Crippen LogP contribution is 2.03. The molecule has 9 heavy (non-hydrogen) atoms. The zero-order valence-electron chi connectivity index (χ0n) is 6.30. The third-order valence-electron chi connectivity index (χ3n) is 0.518. The summed E-state index contributed by atoms with van der Waals surface area (Å²) in [4.78, 5) is 8.26. The van der Waals surface area contributed by atoms with Crippen molar-refractivity contribution in [2.45, 2.75) is 26.3 Å². The Hall–Kier alpha value is -0.820. The first-order valence-electron chi connectivity index (χ1n) is 2.76. The molecule has 0 rings (SSSR count). The van der Waals surface area contributed by atoms with Crippen molar-refractivity contribution in [1.29, 1.82) is 0 Å². The molecule has 0 radical (unpaired) electrons. The molecule has 52 valence electrons. The maximum absolute atomic E-state index is 4.36. The molecular weight excluding hydrogens is 116 g/mol. The number of aliphatic imine (C=N–C) groups is 1. The Bertz CT molecular complexity index is 128. The summed E-state index contributed by atoms with van der Waals surface area (Å²) in [5.74, 6) is 0. The molecule has 0 N–H and O–H groups in total. The second-order valence-electron chi connectivity index (χ2n) is 2.66.